The summed E-state index contributed by atoms with van der Waals surface area (Å²) in [6.45, 7) is 65.5. The molecule has 5 saturated heterocycles. The molecule has 575 valence electrons. The largest absolute Gasteiger partial charge is 0.444 e. The maximum absolute atomic E-state index is 12.5. The van der Waals surface area contributed by atoms with E-state index >= 15 is 0 Å². The van der Waals surface area contributed by atoms with E-state index in [2.05, 4.69) is 69.4 Å². The molecular formula is C83H173B5N5O5. The van der Waals surface area contributed by atoms with Crippen LogP contribution in [0.25, 0.3) is 0 Å². The van der Waals surface area contributed by atoms with Gasteiger partial charge in [0.2, 0.25) is 0 Å². The standard InChI is InChI=1S/C16H27NO3.C12H23NO.C12H23N.C12H21N.C11H19NO.10C2H6.5B/c1-5-12-10-11-6-7-13(18)8-9-14(11)17(12)15(19)20-16(2,3)4;1-3-10-8-9-4-6-12(2,14)7-5-11(9)13-10;2*1-3-11-8-10-6-4-9(2)5-7-12(10)13-11;1-2-9-7-8-3-4-10(13)5-6-11(8)12-9;10*1-2;;;;;/h11-12,14H,5-10H2,1-4H3;9-11,13-14H,3-8H2,1-2H3;9-13H,3-8H2,1-2H3;10-13H,2-8H2,1H3;8-9,11-12H,2-7H2,1H3;10*1-2H3;;;;;/t11-,12?,14+;9-,10?,11+,12?;9?,10-,11?,12+;10-,11?,12+;8-,9?,11+;;;;;;;;;;;;;;;/m00000.............../s1. The number of carbonyl (C=O) groups is 3. The number of Topliss-reactive ketones (excluding diaryl/α,β-unsaturated/α-hetero) is 2. The predicted octanol–water partition coefficient (Wildman–Crippen LogP) is 21.7. The van der Waals surface area contributed by atoms with E-state index in [1.54, 1.807) is 0 Å². The average Bonchev–Trinajstić information content (AvgIpc) is 1.67. The molecular weight excluding hydrogens is 1200 g/mol. The van der Waals surface area contributed by atoms with E-state index in [-0.39, 0.29) is 60.2 Å². The second kappa shape index (κ2) is 72.4. The second-order valence-electron chi connectivity index (χ2n) is 26.9. The molecule has 1 amide bonds. The fourth-order valence-electron chi connectivity index (χ4n) is 15.2. The van der Waals surface area contributed by atoms with Crippen molar-refractivity contribution < 1.29 is 24.2 Å². The van der Waals surface area contributed by atoms with Gasteiger partial charge in [0.05, 0.1) is 5.60 Å². The van der Waals surface area contributed by atoms with Gasteiger partial charge in [-0.3, -0.25) is 9.59 Å². The Labute approximate surface area is 626 Å². The van der Waals surface area contributed by atoms with Crippen LogP contribution in [0.3, 0.4) is 0 Å². The van der Waals surface area contributed by atoms with E-state index in [1.165, 1.54) is 115 Å². The number of rotatable bonds is 5. The van der Waals surface area contributed by atoms with E-state index in [0.29, 0.717) is 42.4 Å². The maximum Gasteiger partial charge on any atom is 0.410 e. The van der Waals surface area contributed by atoms with E-state index in [4.69, 9.17) is 4.74 Å². The normalized spacial score (nSPS) is 30.6. The summed E-state index contributed by atoms with van der Waals surface area (Å²) in [5.41, 5.74) is 0.617. The lowest BCUT2D eigenvalue weighted by Gasteiger charge is -2.33. The van der Waals surface area contributed by atoms with Crippen LogP contribution in [-0.4, -0.2) is 141 Å². The Kier molecular flexibility index (Phi) is 86.9. The van der Waals surface area contributed by atoms with E-state index in [1.807, 2.05) is 171 Å². The molecule has 5 saturated carbocycles. The van der Waals surface area contributed by atoms with Crippen molar-refractivity contribution in [2.75, 3.05) is 0 Å². The lowest BCUT2D eigenvalue weighted by molar-refractivity contribution is -0.119. The SMILES string of the molecule is C=C1CC[C@H]2CC(CC)N[C@@H]2CC1.CC.CC.CC.CC.CC.CC.CC.CC.CC.CC.CCC1C[C@@H]2CCC(=O)CC[C@H]2N1.CCC1C[C@@H]2CCC(=O)CC[C@H]2N1C(=O)OC(C)(C)C.CCC1C[C@@H]2CCC(C)(O)CC[C@H]2N1.CCC1C[C@@H]2CCC(C)CC[C@H]2N1.[B].[B].[B].[B].[B]. The first-order chi connectivity index (χ1) is 44.8. The summed E-state index contributed by atoms with van der Waals surface area (Å²) in [5.74, 6) is 5.84. The van der Waals surface area contributed by atoms with Crippen LogP contribution in [0.1, 0.15) is 400 Å². The Bertz CT molecular complexity index is 1630. The average molecular weight is 1380 g/mol. The number of likely N-dealkylation sites (tertiary alicyclic amines) is 1. The molecule has 0 aromatic carbocycles. The van der Waals surface area contributed by atoms with Crippen molar-refractivity contribution in [3.8, 4) is 0 Å². The number of hydrogen-bond donors (Lipinski definition) is 5. The van der Waals surface area contributed by atoms with Gasteiger partial charge in [-0.2, -0.15) is 0 Å². The molecule has 15 radical (unpaired) electrons. The highest BCUT2D eigenvalue weighted by Crippen LogP contribution is 2.41. The van der Waals surface area contributed by atoms with E-state index in [9.17, 15) is 19.5 Å². The molecule has 10 nitrogen and oxygen atoms in total. The quantitative estimate of drug-likeness (QED) is 0.135. The van der Waals surface area contributed by atoms with Gasteiger partial charge in [0.1, 0.15) is 17.2 Å². The van der Waals surface area contributed by atoms with E-state index < -0.39 is 11.2 Å². The van der Waals surface area contributed by atoms with Crippen molar-refractivity contribution in [2.45, 2.75) is 472 Å². The van der Waals surface area contributed by atoms with Gasteiger partial charge in [-0.15, -0.1) is 0 Å². The number of hydrogen-bond acceptors (Lipinski definition) is 9. The second-order valence-corrected chi connectivity index (χ2v) is 26.9. The highest BCUT2D eigenvalue weighted by Gasteiger charge is 2.46. The molecule has 5 aliphatic carbocycles. The summed E-state index contributed by atoms with van der Waals surface area (Å²) in [6.07, 6.45) is 34.7. The molecule has 0 bridgehead atoms. The number of allylic oxidation sites excluding steroid dienone is 1. The van der Waals surface area contributed by atoms with Crippen LogP contribution >= 0.6 is 0 Å². The zero-order valence-electron chi connectivity index (χ0n) is 71.6. The number of fused-ring (bicyclic) bond motifs is 5. The molecule has 98 heavy (non-hydrogen) atoms. The maximum atomic E-state index is 12.5. The smallest absolute Gasteiger partial charge is 0.410 e. The first kappa shape index (κ1) is 118. The highest BCUT2D eigenvalue weighted by atomic mass is 16.6. The van der Waals surface area contributed by atoms with Crippen LogP contribution in [-0.2, 0) is 14.3 Å². The third-order valence-electron chi connectivity index (χ3n) is 20.1. The minimum Gasteiger partial charge on any atom is -0.444 e. The van der Waals surface area contributed by atoms with Gasteiger partial charge in [-0.25, -0.2) is 4.79 Å². The number of amides is 1. The van der Waals surface area contributed by atoms with Crippen LogP contribution < -0.4 is 21.3 Å². The number of nitrogens with zero attached hydrogens (tertiary/aromatic N) is 1. The predicted molar refractivity (Wildman–Crippen MR) is 444 cm³/mol. The first-order valence-corrected chi connectivity index (χ1v) is 41.3. The third kappa shape index (κ3) is 46.3. The number of aliphatic hydroxyl groups is 1. The zero-order valence-corrected chi connectivity index (χ0v) is 71.6. The summed E-state index contributed by atoms with van der Waals surface area (Å²) in [5, 5.41) is 24.9. The molecule has 5 heterocycles. The topological polar surface area (TPSA) is 132 Å². The van der Waals surface area contributed by atoms with Gasteiger partial charge in [0.25, 0.3) is 0 Å². The third-order valence-corrected chi connectivity index (χ3v) is 20.1. The van der Waals surface area contributed by atoms with Gasteiger partial charge in [0, 0.05) is 128 Å². The summed E-state index contributed by atoms with van der Waals surface area (Å²) in [4.78, 5) is 37.3. The van der Waals surface area contributed by atoms with Gasteiger partial charge < -0.3 is 36.0 Å². The minimum atomic E-state index is -0.464. The van der Waals surface area contributed by atoms with Crippen LogP contribution in [0.5, 0.6) is 0 Å². The van der Waals surface area contributed by atoms with E-state index in [0.717, 1.165) is 136 Å². The molecule has 0 spiro atoms. The molecule has 17 atom stereocenters. The van der Waals surface area contributed by atoms with Crippen LogP contribution in [0.2, 0.25) is 0 Å². The minimum absolute atomic E-state index is 0. The summed E-state index contributed by atoms with van der Waals surface area (Å²) >= 11 is 0. The fraction of sp³-hybridized carbons (Fsp3) is 0.940. The number of carbonyl (C=O) groups excluding carboxylic acids is 3. The Hall–Kier alpha value is -1.53. The van der Waals surface area contributed by atoms with Crippen LogP contribution in [0.4, 0.5) is 4.79 Å². The van der Waals surface area contributed by atoms with Crippen molar-refractivity contribution in [3.63, 3.8) is 0 Å². The lowest BCUT2D eigenvalue weighted by atomic mass is 9.93. The Balaban J connectivity index is -0.000000115. The Morgan fingerprint density at radius 1 is 0.439 bits per heavy atom. The summed E-state index contributed by atoms with van der Waals surface area (Å²) < 4.78 is 5.57. The molecule has 10 fully saturated rings. The van der Waals surface area contributed by atoms with Gasteiger partial charge in [-0.05, 0) is 224 Å². The lowest BCUT2D eigenvalue weighted by Crippen LogP contribution is -2.44. The molecule has 0 aromatic rings. The van der Waals surface area contributed by atoms with Crippen molar-refractivity contribution in [1.82, 2.24) is 26.2 Å². The number of nitrogens with one attached hydrogen (secondary N) is 4. The zero-order chi connectivity index (χ0) is 72.9. The molecule has 5 aliphatic heterocycles. The molecule has 5 N–H and O–H groups in total. The fourth-order valence-corrected chi connectivity index (χ4v) is 15.2. The van der Waals surface area contributed by atoms with Crippen molar-refractivity contribution >= 4 is 59.7 Å². The molecule has 0 aromatic heterocycles. The van der Waals surface area contributed by atoms with Gasteiger partial charge in [-0.1, -0.05) is 199 Å². The van der Waals surface area contributed by atoms with Gasteiger partial charge >= 0.3 is 6.09 Å². The van der Waals surface area contributed by atoms with Crippen molar-refractivity contribution in [3.05, 3.63) is 12.2 Å². The highest BCUT2D eigenvalue weighted by molar-refractivity contribution is 5.79. The molecule has 10 rings (SSSR count). The molecule has 7 unspecified atom stereocenters. The van der Waals surface area contributed by atoms with Crippen LogP contribution in [0.15, 0.2) is 12.2 Å². The molecule has 10 aliphatic rings. The number of ether oxygens (including phenoxy) is 1. The first-order valence-electron chi connectivity index (χ1n) is 41.3. The Morgan fingerprint density at radius 3 is 1.14 bits per heavy atom. The Morgan fingerprint density at radius 2 is 0.745 bits per heavy atom. The summed E-state index contributed by atoms with van der Waals surface area (Å²) in [6, 6.07) is 6.60. The van der Waals surface area contributed by atoms with Crippen LogP contribution in [0, 0.1) is 35.5 Å². The summed E-state index contributed by atoms with van der Waals surface area (Å²) in [7, 11) is 0. The van der Waals surface area contributed by atoms with Crippen molar-refractivity contribution in [2.24, 2.45) is 35.5 Å². The number of ketones is 2. The molecule has 15 heteroatoms. The van der Waals surface area contributed by atoms with Gasteiger partial charge in [0.15, 0.2) is 0 Å². The van der Waals surface area contributed by atoms with Crippen molar-refractivity contribution in [1.29, 1.82) is 0 Å². The monoisotopic (exact) mass is 1380 g/mol.